The average molecular weight is 486 g/mol. The smallest absolute Gasteiger partial charge is 0.337 e. The summed E-state index contributed by atoms with van der Waals surface area (Å²) in [5, 5.41) is 8.61. The van der Waals surface area contributed by atoms with Gasteiger partial charge < -0.3 is 25.7 Å². The van der Waals surface area contributed by atoms with E-state index in [0.29, 0.717) is 33.7 Å². The highest BCUT2D eigenvalue weighted by molar-refractivity contribution is 6.18. The quantitative estimate of drug-likeness (QED) is 0.219. The highest BCUT2D eigenvalue weighted by Crippen LogP contribution is 2.29. The minimum Gasteiger partial charge on any atom is -0.465 e. The number of hydrogen-bond donors (Lipinski definition) is 4. The second-order valence-corrected chi connectivity index (χ2v) is 7.72. The number of esters is 1. The number of fused-ring (bicyclic) bond motifs is 1. The Kier molecular flexibility index (Phi) is 7.00. The van der Waals surface area contributed by atoms with Gasteiger partial charge in [-0.2, -0.15) is 0 Å². The summed E-state index contributed by atoms with van der Waals surface area (Å²) in [6, 6.07) is 13.4. The number of ether oxygens (including phenoxy) is 1. The van der Waals surface area contributed by atoms with E-state index in [-0.39, 0.29) is 29.5 Å². The minimum atomic E-state index is -0.620. The number of benzene rings is 2. The van der Waals surface area contributed by atoms with Crippen LogP contribution in [-0.4, -0.2) is 52.2 Å². The number of H-pyrrole nitrogens is 1. The molecule has 2 amide bonds. The molecule has 0 saturated carbocycles. The van der Waals surface area contributed by atoms with Crippen molar-refractivity contribution in [3.05, 3.63) is 77.7 Å². The molecule has 0 unspecified atom stereocenters. The first-order valence-corrected chi connectivity index (χ1v) is 10.8. The predicted octanol–water partition coefficient (Wildman–Crippen LogP) is 2.79. The lowest BCUT2D eigenvalue weighted by atomic mass is 10.0. The third-order valence-electron chi connectivity index (χ3n) is 5.15. The maximum Gasteiger partial charge on any atom is 0.337 e. The zero-order valence-corrected chi connectivity index (χ0v) is 19.4. The first-order valence-electron chi connectivity index (χ1n) is 10.8. The molecule has 11 heteroatoms. The Bertz CT molecular complexity index is 1460. The van der Waals surface area contributed by atoms with Crippen LogP contribution < -0.4 is 16.0 Å². The van der Waals surface area contributed by atoms with Gasteiger partial charge in [-0.15, -0.1) is 0 Å². The fourth-order valence-corrected chi connectivity index (χ4v) is 3.54. The molecule has 0 bridgehead atoms. The lowest BCUT2D eigenvalue weighted by Crippen LogP contribution is -2.31. The second kappa shape index (κ2) is 10.5. The van der Waals surface area contributed by atoms with Crippen molar-refractivity contribution in [3.8, 4) is 0 Å². The summed E-state index contributed by atoms with van der Waals surface area (Å²) < 4.78 is 4.83. The Morgan fingerprint density at radius 2 is 1.72 bits per heavy atom. The number of aromatic nitrogens is 3. The molecule has 2 heterocycles. The van der Waals surface area contributed by atoms with E-state index < -0.39 is 11.9 Å². The van der Waals surface area contributed by atoms with Crippen LogP contribution in [0.4, 0.5) is 17.2 Å². The second-order valence-electron chi connectivity index (χ2n) is 7.72. The van der Waals surface area contributed by atoms with Gasteiger partial charge in [0.15, 0.2) is 5.78 Å². The first-order chi connectivity index (χ1) is 17.4. The number of carbonyl (C=O) groups is 4. The number of anilines is 3. The molecule has 0 aliphatic rings. The Balaban J connectivity index is 1.70. The number of nitrogens with zero attached hydrogens (tertiary/aromatic N) is 2. The predicted molar refractivity (Wildman–Crippen MR) is 132 cm³/mol. The number of nitrogens with one attached hydrogen (secondary N) is 4. The van der Waals surface area contributed by atoms with Gasteiger partial charge >= 0.3 is 5.97 Å². The molecular formula is C25H22N6O5. The van der Waals surface area contributed by atoms with Crippen LogP contribution in [0.25, 0.3) is 11.0 Å². The zero-order valence-electron chi connectivity index (χ0n) is 19.4. The van der Waals surface area contributed by atoms with Crippen LogP contribution >= 0.6 is 0 Å². The molecule has 4 N–H and O–H groups in total. The Hall–Kier alpha value is -5.06. The lowest BCUT2D eigenvalue weighted by Gasteiger charge is -2.13. The van der Waals surface area contributed by atoms with Gasteiger partial charge in [0.1, 0.15) is 17.8 Å². The third-order valence-corrected chi connectivity index (χ3v) is 5.15. The molecule has 182 valence electrons. The van der Waals surface area contributed by atoms with Crippen molar-refractivity contribution in [1.29, 1.82) is 0 Å². The van der Waals surface area contributed by atoms with Crippen LogP contribution in [0.2, 0.25) is 0 Å². The van der Waals surface area contributed by atoms with Gasteiger partial charge in [0.25, 0.3) is 0 Å². The molecule has 0 fully saturated rings. The summed E-state index contributed by atoms with van der Waals surface area (Å²) in [5.41, 5.74) is 2.16. The third kappa shape index (κ3) is 5.36. The van der Waals surface area contributed by atoms with Gasteiger partial charge in [-0.1, -0.05) is 30.3 Å². The molecule has 0 spiro atoms. The fraction of sp³-hybridized carbons (Fsp3) is 0.120. The summed E-state index contributed by atoms with van der Waals surface area (Å²) in [6.07, 6.45) is 2.90. The molecule has 0 saturated heterocycles. The SMILES string of the molecule is COC(=O)c1cc(NC(=O)CNC(C)=O)cc(Nc2ncnc3[nH]cc(C(=O)c4ccccc4)c23)c1. The molecule has 36 heavy (non-hydrogen) atoms. The molecule has 0 radical (unpaired) electrons. The monoisotopic (exact) mass is 486 g/mol. The van der Waals surface area contributed by atoms with Crippen molar-refractivity contribution >= 4 is 51.8 Å². The summed E-state index contributed by atoms with van der Waals surface area (Å²) in [4.78, 5) is 60.2. The Labute approximate surface area is 205 Å². The number of aromatic amines is 1. The number of amides is 2. The minimum absolute atomic E-state index is 0.164. The molecule has 2 aromatic heterocycles. The topological polar surface area (TPSA) is 155 Å². The molecule has 0 aliphatic carbocycles. The Morgan fingerprint density at radius 1 is 0.972 bits per heavy atom. The zero-order chi connectivity index (χ0) is 25.7. The normalized spacial score (nSPS) is 10.5. The largest absolute Gasteiger partial charge is 0.465 e. The van der Waals surface area contributed by atoms with Crippen LogP contribution in [0.1, 0.15) is 33.2 Å². The summed E-state index contributed by atoms with van der Waals surface area (Å²) in [7, 11) is 1.24. The van der Waals surface area contributed by atoms with E-state index in [2.05, 4.69) is 30.9 Å². The number of ketones is 1. The number of carbonyl (C=O) groups excluding carboxylic acids is 4. The van der Waals surface area contributed by atoms with Crippen LogP contribution in [-0.2, 0) is 14.3 Å². The number of methoxy groups -OCH3 is 1. The maximum absolute atomic E-state index is 13.2. The van der Waals surface area contributed by atoms with E-state index in [1.807, 2.05) is 6.07 Å². The van der Waals surface area contributed by atoms with Crippen molar-refractivity contribution in [2.45, 2.75) is 6.92 Å². The maximum atomic E-state index is 13.2. The number of rotatable bonds is 8. The van der Waals surface area contributed by atoms with Gasteiger partial charge in [0.05, 0.1) is 30.2 Å². The van der Waals surface area contributed by atoms with Gasteiger partial charge in [-0.3, -0.25) is 14.4 Å². The van der Waals surface area contributed by atoms with E-state index >= 15 is 0 Å². The molecule has 4 aromatic rings. The van der Waals surface area contributed by atoms with E-state index in [4.69, 9.17) is 4.74 Å². The fourth-order valence-electron chi connectivity index (χ4n) is 3.54. The molecule has 0 atom stereocenters. The van der Waals surface area contributed by atoms with E-state index in [0.717, 1.165) is 0 Å². The van der Waals surface area contributed by atoms with Crippen molar-refractivity contribution in [1.82, 2.24) is 20.3 Å². The van der Waals surface area contributed by atoms with E-state index in [1.165, 1.54) is 32.5 Å². The van der Waals surface area contributed by atoms with Crippen LogP contribution in [0.5, 0.6) is 0 Å². The Morgan fingerprint density at radius 3 is 2.44 bits per heavy atom. The van der Waals surface area contributed by atoms with Crippen molar-refractivity contribution in [2.24, 2.45) is 0 Å². The van der Waals surface area contributed by atoms with Gasteiger partial charge in [-0.25, -0.2) is 14.8 Å². The van der Waals surface area contributed by atoms with Gasteiger partial charge in [0, 0.05) is 30.1 Å². The van der Waals surface area contributed by atoms with Crippen LogP contribution in [0, 0.1) is 0 Å². The average Bonchev–Trinajstić information content (AvgIpc) is 3.32. The number of hydrogen-bond acceptors (Lipinski definition) is 8. The summed E-state index contributed by atoms with van der Waals surface area (Å²) >= 11 is 0. The highest BCUT2D eigenvalue weighted by Gasteiger charge is 2.19. The van der Waals surface area contributed by atoms with Crippen LogP contribution in [0.3, 0.4) is 0 Å². The van der Waals surface area contributed by atoms with E-state index in [1.54, 1.807) is 36.5 Å². The standard InChI is InChI=1S/C25H22N6O5/c1-14(32)26-12-20(33)30-17-8-16(25(35)36-2)9-18(10-17)31-24-21-19(11-27-23(21)28-13-29-24)22(34)15-6-4-3-5-7-15/h3-11,13H,12H2,1-2H3,(H,26,32)(H,30,33)(H2,27,28,29,31). The molecule has 11 nitrogen and oxygen atoms in total. The first kappa shape index (κ1) is 24.1. The van der Waals surface area contributed by atoms with Crippen molar-refractivity contribution < 1.29 is 23.9 Å². The van der Waals surface area contributed by atoms with Crippen molar-refractivity contribution in [3.63, 3.8) is 0 Å². The molecule has 4 rings (SSSR count). The molecule has 2 aromatic carbocycles. The van der Waals surface area contributed by atoms with Crippen molar-refractivity contribution in [2.75, 3.05) is 24.3 Å². The molecular weight excluding hydrogens is 464 g/mol. The summed E-state index contributed by atoms with van der Waals surface area (Å²) in [5.74, 6) is -1.35. The van der Waals surface area contributed by atoms with Crippen LogP contribution in [0.15, 0.2) is 61.1 Å². The van der Waals surface area contributed by atoms with Gasteiger partial charge in [-0.05, 0) is 18.2 Å². The lowest BCUT2D eigenvalue weighted by molar-refractivity contribution is -0.122. The summed E-state index contributed by atoms with van der Waals surface area (Å²) in [6.45, 7) is 1.06. The molecule has 0 aliphatic heterocycles. The highest BCUT2D eigenvalue weighted by atomic mass is 16.5. The van der Waals surface area contributed by atoms with E-state index in [9.17, 15) is 19.2 Å². The van der Waals surface area contributed by atoms with Gasteiger partial charge in [0.2, 0.25) is 11.8 Å².